The van der Waals surface area contributed by atoms with Crippen molar-refractivity contribution in [3.63, 3.8) is 0 Å². The molecule has 0 saturated carbocycles. The van der Waals surface area contributed by atoms with E-state index in [2.05, 4.69) is 37.9 Å². The molecule has 37 heavy (non-hydrogen) atoms. The van der Waals surface area contributed by atoms with E-state index < -0.39 is 0 Å². The van der Waals surface area contributed by atoms with Gasteiger partial charge in [0.25, 0.3) is 0 Å². The van der Waals surface area contributed by atoms with E-state index in [1.165, 1.54) is 0 Å². The number of piperazine rings is 1. The molecule has 7 rings (SSSR count). The van der Waals surface area contributed by atoms with Gasteiger partial charge >= 0.3 is 0 Å². The van der Waals surface area contributed by atoms with Gasteiger partial charge in [0, 0.05) is 56.2 Å². The summed E-state index contributed by atoms with van der Waals surface area (Å²) in [5, 5.41) is 2.15. The van der Waals surface area contributed by atoms with Crippen LogP contribution in [0.5, 0.6) is 0 Å². The second-order valence-electron chi connectivity index (χ2n) is 9.30. The van der Waals surface area contributed by atoms with Gasteiger partial charge in [0.15, 0.2) is 5.82 Å². The molecule has 0 N–H and O–H groups in total. The number of hydrogen-bond donors (Lipinski definition) is 0. The van der Waals surface area contributed by atoms with Crippen LogP contribution in [0.3, 0.4) is 0 Å². The SMILES string of the molecule is c1ccc(N2CCN(c3nc(-c4cccc5c4oc4ccccc45)nc(N4CCOCC4)n3)CC2)nc1. The van der Waals surface area contributed by atoms with Gasteiger partial charge in [0.05, 0.1) is 18.8 Å². The Kier molecular flexibility index (Phi) is 5.55. The summed E-state index contributed by atoms with van der Waals surface area (Å²) in [5.74, 6) is 3.01. The zero-order valence-electron chi connectivity index (χ0n) is 20.5. The fourth-order valence-corrected chi connectivity index (χ4v) is 5.12. The van der Waals surface area contributed by atoms with E-state index in [-0.39, 0.29) is 0 Å². The second kappa shape index (κ2) is 9.33. The van der Waals surface area contributed by atoms with Crippen molar-refractivity contribution in [2.75, 3.05) is 67.2 Å². The van der Waals surface area contributed by atoms with Gasteiger partial charge in [0.2, 0.25) is 11.9 Å². The quantitative estimate of drug-likeness (QED) is 0.369. The molecule has 2 aromatic carbocycles. The van der Waals surface area contributed by atoms with Gasteiger partial charge in [-0.1, -0.05) is 36.4 Å². The first-order chi connectivity index (χ1) is 18.3. The lowest BCUT2D eigenvalue weighted by Gasteiger charge is -2.36. The molecule has 0 aliphatic carbocycles. The zero-order valence-corrected chi connectivity index (χ0v) is 20.5. The third-order valence-electron chi connectivity index (χ3n) is 7.09. The first kappa shape index (κ1) is 22.0. The number of aromatic nitrogens is 4. The van der Waals surface area contributed by atoms with Crippen LogP contribution in [-0.4, -0.2) is 72.4 Å². The molecule has 2 aliphatic rings. The summed E-state index contributed by atoms with van der Waals surface area (Å²) < 4.78 is 11.9. The molecule has 0 spiro atoms. The molecule has 9 heteroatoms. The number of fused-ring (bicyclic) bond motifs is 3. The predicted octanol–water partition coefficient (Wildman–Crippen LogP) is 4.00. The number of furan rings is 1. The van der Waals surface area contributed by atoms with E-state index in [1.807, 2.05) is 48.7 Å². The highest BCUT2D eigenvalue weighted by atomic mass is 16.5. The lowest BCUT2D eigenvalue weighted by molar-refractivity contribution is 0.122. The molecule has 0 atom stereocenters. The highest BCUT2D eigenvalue weighted by Gasteiger charge is 2.25. The Balaban J connectivity index is 1.28. The number of anilines is 3. The normalized spacial score (nSPS) is 16.6. The molecule has 0 radical (unpaired) electrons. The number of pyridine rings is 1. The van der Waals surface area contributed by atoms with E-state index in [4.69, 9.17) is 24.1 Å². The molecule has 2 fully saturated rings. The van der Waals surface area contributed by atoms with Crippen LogP contribution in [0.4, 0.5) is 17.7 Å². The van der Waals surface area contributed by atoms with Crippen LogP contribution >= 0.6 is 0 Å². The molecule has 9 nitrogen and oxygen atoms in total. The van der Waals surface area contributed by atoms with E-state index in [1.54, 1.807) is 0 Å². The number of ether oxygens (including phenoxy) is 1. The molecule has 2 aliphatic heterocycles. The van der Waals surface area contributed by atoms with E-state index in [0.717, 1.165) is 72.6 Å². The van der Waals surface area contributed by atoms with Crippen LogP contribution in [0.15, 0.2) is 71.3 Å². The van der Waals surface area contributed by atoms with Gasteiger partial charge in [-0.3, -0.25) is 0 Å². The van der Waals surface area contributed by atoms with Crippen molar-refractivity contribution in [3.05, 3.63) is 66.9 Å². The monoisotopic (exact) mass is 493 g/mol. The molecule has 0 amide bonds. The Morgan fingerprint density at radius 2 is 1.32 bits per heavy atom. The van der Waals surface area contributed by atoms with Crippen molar-refractivity contribution in [2.24, 2.45) is 0 Å². The average Bonchev–Trinajstić information content (AvgIpc) is 3.37. The van der Waals surface area contributed by atoms with Crippen LogP contribution < -0.4 is 14.7 Å². The van der Waals surface area contributed by atoms with Crippen LogP contribution in [0.25, 0.3) is 33.3 Å². The molecular formula is C28H27N7O2. The molecule has 186 valence electrons. The number of hydrogen-bond acceptors (Lipinski definition) is 9. The Morgan fingerprint density at radius 3 is 2.11 bits per heavy atom. The third kappa shape index (κ3) is 4.11. The van der Waals surface area contributed by atoms with Crippen molar-refractivity contribution in [1.29, 1.82) is 0 Å². The number of rotatable bonds is 4. The van der Waals surface area contributed by atoms with Crippen LogP contribution in [0.1, 0.15) is 0 Å². The second-order valence-corrected chi connectivity index (χ2v) is 9.30. The molecule has 0 unspecified atom stereocenters. The summed E-state index contributed by atoms with van der Waals surface area (Å²) in [6, 6.07) is 20.3. The average molecular weight is 494 g/mol. The van der Waals surface area contributed by atoms with Gasteiger partial charge in [-0.25, -0.2) is 4.98 Å². The number of benzene rings is 2. The molecule has 5 aromatic rings. The maximum Gasteiger partial charge on any atom is 0.230 e. The van der Waals surface area contributed by atoms with E-state index >= 15 is 0 Å². The Hall–Kier alpha value is -4.24. The zero-order chi connectivity index (χ0) is 24.6. The lowest BCUT2D eigenvalue weighted by Crippen LogP contribution is -2.47. The Labute approximate surface area is 214 Å². The number of morpholine rings is 1. The van der Waals surface area contributed by atoms with Crippen LogP contribution in [0, 0.1) is 0 Å². The Morgan fingerprint density at radius 1 is 0.622 bits per heavy atom. The van der Waals surface area contributed by atoms with Gasteiger partial charge in [0.1, 0.15) is 17.0 Å². The Bertz CT molecular complexity index is 1540. The van der Waals surface area contributed by atoms with Crippen LogP contribution in [0.2, 0.25) is 0 Å². The van der Waals surface area contributed by atoms with Gasteiger partial charge < -0.3 is 23.9 Å². The summed E-state index contributed by atoms with van der Waals surface area (Å²) in [7, 11) is 0. The van der Waals surface area contributed by atoms with E-state index in [0.29, 0.717) is 30.9 Å². The smallest absolute Gasteiger partial charge is 0.230 e. The largest absolute Gasteiger partial charge is 0.455 e. The van der Waals surface area contributed by atoms with Gasteiger partial charge in [-0.2, -0.15) is 15.0 Å². The molecular weight excluding hydrogens is 466 g/mol. The fourth-order valence-electron chi connectivity index (χ4n) is 5.12. The fraction of sp³-hybridized carbons (Fsp3) is 0.286. The first-order valence-corrected chi connectivity index (χ1v) is 12.7. The molecule has 0 bridgehead atoms. The molecule has 3 aromatic heterocycles. The number of nitrogens with zero attached hydrogens (tertiary/aromatic N) is 7. The summed E-state index contributed by atoms with van der Waals surface area (Å²) in [6.45, 7) is 6.15. The minimum absolute atomic E-state index is 0.628. The maximum absolute atomic E-state index is 6.31. The lowest BCUT2D eigenvalue weighted by atomic mass is 10.1. The minimum atomic E-state index is 0.628. The molecule has 2 saturated heterocycles. The van der Waals surface area contributed by atoms with Crippen molar-refractivity contribution in [1.82, 2.24) is 19.9 Å². The highest BCUT2D eigenvalue weighted by molar-refractivity contribution is 6.09. The summed E-state index contributed by atoms with van der Waals surface area (Å²) in [6.07, 6.45) is 1.84. The summed E-state index contributed by atoms with van der Waals surface area (Å²) in [5.41, 5.74) is 2.53. The van der Waals surface area contributed by atoms with Gasteiger partial charge in [-0.05, 0) is 24.3 Å². The number of para-hydroxylation sites is 2. The van der Waals surface area contributed by atoms with Crippen molar-refractivity contribution < 1.29 is 9.15 Å². The maximum atomic E-state index is 6.31. The highest BCUT2D eigenvalue weighted by Crippen LogP contribution is 2.35. The van der Waals surface area contributed by atoms with Crippen molar-refractivity contribution >= 4 is 39.7 Å². The standard InChI is InChI=1S/C28H27N7O2/c1-2-9-23-20(6-1)21-7-5-8-22(25(21)37-23)26-30-27(32-28(31-26)35-16-18-36-19-17-35)34-14-12-33(13-15-34)24-10-3-4-11-29-24/h1-11H,12-19H2. The predicted molar refractivity (Wildman–Crippen MR) is 144 cm³/mol. The summed E-state index contributed by atoms with van der Waals surface area (Å²) in [4.78, 5) is 26.1. The minimum Gasteiger partial charge on any atom is -0.455 e. The van der Waals surface area contributed by atoms with E-state index in [9.17, 15) is 0 Å². The first-order valence-electron chi connectivity index (χ1n) is 12.7. The third-order valence-corrected chi connectivity index (χ3v) is 7.09. The summed E-state index contributed by atoms with van der Waals surface area (Å²) >= 11 is 0. The van der Waals surface area contributed by atoms with Gasteiger partial charge in [-0.15, -0.1) is 0 Å². The topological polar surface area (TPSA) is 83.7 Å². The van der Waals surface area contributed by atoms with Crippen molar-refractivity contribution in [3.8, 4) is 11.4 Å². The molecule has 5 heterocycles. The van der Waals surface area contributed by atoms with Crippen LogP contribution in [-0.2, 0) is 4.74 Å². The van der Waals surface area contributed by atoms with Crippen molar-refractivity contribution in [2.45, 2.75) is 0 Å².